The first-order valence-corrected chi connectivity index (χ1v) is 9.68. The van der Waals surface area contributed by atoms with Gasteiger partial charge in [0.2, 0.25) is 5.56 Å². The molecule has 0 aliphatic carbocycles. The summed E-state index contributed by atoms with van der Waals surface area (Å²) in [4.78, 5) is 16.2. The minimum atomic E-state index is -0.319. The van der Waals surface area contributed by atoms with Gasteiger partial charge in [0.25, 0.3) is 0 Å². The number of hydrogen-bond acceptors (Lipinski definition) is 3. The van der Waals surface area contributed by atoms with Crippen LogP contribution in [0.2, 0.25) is 0 Å². The van der Waals surface area contributed by atoms with E-state index in [-0.39, 0.29) is 17.5 Å². The number of hydrogen-bond donors (Lipinski definition) is 2. The second kappa shape index (κ2) is 11.8. The smallest absolute Gasteiger partial charge is 0.250 e. The predicted molar refractivity (Wildman–Crippen MR) is 110 cm³/mol. The van der Waals surface area contributed by atoms with E-state index in [1.807, 2.05) is 19.9 Å². The van der Waals surface area contributed by atoms with Gasteiger partial charge in [-0.2, -0.15) is 0 Å². The number of unbranched alkanes of at least 4 members (excludes halogenated alkanes) is 1. The highest BCUT2D eigenvalue weighted by Gasteiger charge is 2.05. The van der Waals surface area contributed by atoms with Crippen LogP contribution in [0.4, 0.5) is 4.39 Å². The average molecular weight is 388 g/mol. The second-order valence-electron chi connectivity index (χ2n) is 6.47. The summed E-state index contributed by atoms with van der Waals surface area (Å²) >= 11 is 0. The van der Waals surface area contributed by atoms with Crippen molar-refractivity contribution in [3.8, 4) is 5.75 Å². The summed E-state index contributed by atoms with van der Waals surface area (Å²) in [5.74, 6) is 0.895. The van der Waals surface area contributed by atoms with Crippen LogP contribution in [0.3, 0.4) is 0 Å². The van der Waals surface area contributed by atoms with Crippen molar-refractivity contribution in [3.05, 3.63) is 64.8 Å². The molecule has 1 aromatic heterocycles. The molecule has 1 heterocycles. The van der Waals surface area contributed by atoms with Gasteiger partial charge < -0.3 is 19.9 Å². The zero-order valence-electron chi connectivity index (χ0n) is 16.5. The van der Waals surface area contributed by atoms with Gasteiger partial charge in [-0.15, -0.1) is 0 Å². The van der Waals surface area contributed by atoms with E-state index in [9.17, 15) is 9.18 Å². The highest BCUT2D eigenvalue weighted by molar-refractivity contribution is 5.79. The fourth-order valence-corrected chi connectivity index (χ4v) is 2.63. The van der Waals surface area contributed by atoms with Gasteiger partial charge in [-0.1, -0.05) is 12.1 Å². The Balaban J connectivity index is 1.73. The predicted octanol–water partition coefficient (Wildman–Crippen LogP) is 2.79. The highest BCUT2D eigenvalue weighted by Crippen LogP contribution is 2.13. The molecule has 1 atom stereocenters. The number of guanidine groups is 1. The quantitative estimate of drug-likeness (QED) is 0.373. The molecule has 2 N–H and O–H groups in total. The fourth-order valence-electron chi connectivity index (χ4n) is 2.63. The number of benzene rings is 1. The molecule has 0 amide bonds. The molecule has 2 rings (SSSR count). The topological polar surface area (TPSA) is 67.7 Å². The van der Waals surface area contributed by atoms with E-state index in [0.717, 1.165) is 25.9 Å². The summed E-state index contributed by atoms with van der Waals surface area (Å²) in [7, 11) is 0. The Morgan fingerprint density at radius 2 is 2.07 bits per heavy atom. The number of ether oxygens (including phenoxy) is 1. The molecular weight excluding hydrogens is 359 g/mol. The molecular formula is C21H29FN4O2. The Kier molecular flexibility index (Phi) is 9.04. The third-order valence-electron chi connectivity index (χ3n) is 4.00. The Morgan fingerprint density at radius 1 is 1.21 bits per heavy atom. The normalized spacial score (nSPS) is 12.5. The van der Waals surface area contributed by atoms with Crippen LogP contribution >= 0.6 is 0 Å². The summed E-state index contributed by atoms with van der Waals surface area (Å²) in [6.07, 6.45) is 3.44. The minimum absolute atomic E-state index is 0.0256. The summed E-state index contributed by atoms with van der Waals surface area (Å²) in [6.45, 7) is 6.57. The van der Waals surface area contributed by atoms with Crippen molar-refractivity contribution in [2.75, 3.05) is 19.6 Å². The minimum Gasteiger partial charge on any atom is -0.489 e. The summed E-state index contributed by atoms with van der Waals surface area (Å²) < 4.78 is 20.6. The summed E-state index contributed by atoms with van der Waals surface area (Å²) in [6, 6.07) is 11.3. The molecule has 2 aromatic rings. The molecule has 0 saturated heterocycles. The Bertz CT molecular complexity index is 807. The van der Waals surface area contributed by atoms with Crippen LogP contribution in [-0.2, 0) is 6.54 Å². The maximum atomic E-state index is 13.2. The van der Waals surface area contributed by atoms with Crippen molar-refractivity contribution in [2.24, 2.45) is 4.99 Å². The Morgan fingerprint density at radius 3 is 2.82 bits per heavy atom. The average Bonchev–Trinajstić information content (AvgIpc) is 2.67. The molecule has 0 aliphatic rings. The number of halogens is 1. The van der Waals surface area contributed by atoms with Crippen LogP contribution in [0.5, 0.6) is 5.75 Å². The molecule has 1 aromatic carbocycles. The van der Waals surface area contributed by atoms with Gasteiger partial charge in [0.15, 0.2) is 5.96 Å². The van der Waals surface area contributed by atoms with E-state index in [2.05, 4.69) is 15.6 Å². The molecule has 0 radical (unpaired) electrons. The Labute approximate surface area is 165 Å². The molecule has 0 spiro atoms. The van der Waals surface area contributed by atoms with Gasteiger partial charge in [-0.05, 0) is 44.9 Å². The van der Waals surface area contributed by atoms with Crippen molar-refractivity contribution < 1.29 is 9.13 Å². The van der Waals surface area contributed by atoms with Crippen LogP contribution in [0, 0.1) is 5.82 Å². The van der Waals surface area contributed by atoms with Gasteiger partial charge in [-0.25, -0.2) is 9.38 Å². The summed E-state index contributed by atoms with van der Waals surface area (Å²) in [5, 5.41) is 6.48. The van der Waals surface area contributed by atoms with Crippen molar-refractivity contribution in [1.82, 2.24) is 15.2 Å². The van der Waals surface area contributed by atoms with Crippen LogP contribution in [-0.4, -0.2) is 36.3 Å². The Hall–Kier alpha value is -2.83. The lowest BCUT2D eigenvalue weighted by atomic mass is 10.3. The highest BCUT2D eigenvalue weighted by atomic mass is 19.1. The second-order valence-corrected chi connectivity index (χ2v) is 6.47. The third-order valence-corrected chi connectivity index (χ3v) is 4.00. The molecule has 6 nitrogen and oxygen atoms in total. The van der Waals surface area contributed by atoms with Gasteiger partial charge in [-0.3, -0.25) is 4.79 Å². The van der Waals surface area contributed by atoms with Crippen molar-refractivity contribution >= 4 is 5.96 Å². The van der Waals surface area contributed by atoms with E-state index in [1.165, 1.54) is 12.1 Å². The number of rotatable bonds is 10. The third kappa shape index (κ3) is 7.82. The van der Waals surface area contributed by atoms with Crippen LogP contribution in [0.15, 0.2) is 58.4 Å². The van der Waals surface area contributed by atoms with Gasteiger partial charge in [0.1, 0.15) is 17.7 Å². The molecule has 0 saturated carbocycles. The molecule has 152 valence electrons. The monoisotopic (exact) mass is 388 g/mol. The van der Waals surface area contributed by atoms with E-state index >= 15 is 0 Å². The molecule has 0 bridgehead atoms. The molecule has 28 heavy (non-hydrogen) atoms. The van der Waals surface area contributed by atoms with Crippen molar-refractivity contribution in [1.29, 1.82) is 0 Å². The first-order chi connectivity index (χ1) is 13.6. The molecule has 0 aliphatic heterocycles. The number of aliphatic imine (C=N–C) groups is 1. The van der Waals surface area contributed by atoms with E-state index in [0.29, 0.717) is 24.8 Å². The number of aryl methyl sites for hydroxylation is 1. The standard InChI is InChI=1S/C21H29FN4O2/c1-3-23-21(24-12-5-7-14-26-13-6-4-11-20(26)27)25-16-17(2)28-19-10-8-9-18(22)15-19/h4,6,8-11,13,15,17H,3,5,7,12,14,16H2,1-2H3,(H2,23,24,25). The molecule has 1 unspecified atom stereocenters. The van der Waals surface area contributed by atoms with E-state index in [4.69, 9.17) is 4.74 Å². The number of pyridine rings is 1. The lowest BCUT2D eigenvalue weighted by Gasteiger charge is -2.15. The van der Waals surface area contributed by atoms with Gasteiger partial charge in [0, 0.05) is 38.0 Å². The van der Waals surface area contributed by atoms with Crippen molar-refractivity contribution in [3.63, 3.8) is 0 Å². The molecule has 7 heteroatoms. The SMILES string of the molecule is CCNC(=NCC(C)Oc1cccc(F)c1)NCCCCn1ccccc1=O. The van der Waals surface area contributed by atoms with Gasteiger partial charge >= 0.3 is 0 Å². The number of aromatic nitrogens is 1. The number of nitrogens with one attached hydrogen (secondary N) is 2. The largest absolute Gasteiger partial charge is 0.489 e. The zero-order valence-corrected chi connectivity index (χ0v) is 16.5. The van der Waals surface area contributed by atoms with Crippen molar-refractivity contribution in [2.45, 2.75) is 39.3 Å². The van der Waals surface area contributed by atoms with E-state index < -0.39 is 0 Å². The first-order valence-electron chi connectivity index (χ1n) is 9.68. The van der Waals surface area contributed by atoms with Gasteiger partial charge in [0.05, 0.1) is 6.54 Å². The number of nitrogens with zero attached hydrogens (tertiary/aromatic N) is 2. The first kappa shape index (κ1) is 21.5. The summed E-state index contributed by atoms with van der Waals surface area (Å²) in [5.41, 5.74) is 0.0256. The maximum Gasteiger partial charge on any atom is 0.250 e. The van der Waals surface area contributed by atoms with E-state index in [1.54, 1.807) is 35.0 Å². The van der Waals surface area contributed by atoms with Crippen LogP contribution in [0.1, 0.15) is 26.7 Å². The molecule has 0 fully saturated rings. The maximum absolute atomic E-state index is 13.2. The fraction of sp³-hybridized carbons (Fsp3) is 0.429. The lowest BCUT2D eigenvalue weighted by molar-refractivity contribution is 0.229. The lowest BCUT2D eigenvalue weighted by Crippen LogP contribution is -2.38. The zero-order chi connectivity index (χ0) is 20.2. The van der Waals surface area contributed by atoms with Crippen LogP contribution < -0.4 is 20.9 Å². The van der Waals surface area contributed by atoms with Crippen LogP contribution in [0.25, 0.3) is 0 Å².